The van der Waals surface area contributed by atoms with Crippen molar-refractivity contribution in [2.24, 2.45) is 11.1 Å². The molecular formula is C16H26N4O5S. The highest BCUT2D eigenvalue weighted by molar-refractivity contribution is 7.89. The van der Waals surface area contributed by atoms with Crippen molar-refractivity contribution >= 4 is 21.4 Å². The van der Waals surface area contributed by atoms with Gasteiger partial charge >= 0.3 is 0 Å². The standard InChI is InChI=1S/C16H26N4O5S/c1-3-25-11(2)16-12(5-4-8-18-16)10-19-14-7-6-13(26(17,23)24)9-15(14)20(21)22/h6-7,9,11-12,16,18-19H,3-5,8,10H2,1-2H3,(H2,17,23,24). The maximum atomic E-state index is 11.4. The van der Waals surface area contributed by atoms with Gasteiger partial charge in [0.15, 0.2) is 0 Å². The number of sulfonamides is 1. The van der Waals surface area contributed by atoms with Crippen molar-refractivity contribution in [1.82, 2.24) is 5.32 Å². The molecule has 26 heavy (non-hydrogen) atoms. The summed E-state index contributed by atoms with van der Waals surface area (Å²) in [5, 5.41) is 22.9. The Morgan fingerprint density at radius 3 is 2.85 bits per heavy atom. The molecule has 0 radical (unpaired) electrons. The van der Waals surface area contributed by atoms with Gasteiger partial charge in [0.25, 0.3) is 5.69 Å². The smallest absolute Gasteiger partial charge is 0.293 e. The zero-order valence-electron chi connectivity index (χ0n) is 15.0. The van der Waals surface area contributed by atoms with Crippen LogP contribution in [0.1, 0.15) is 26.7 Å². The molecule has 1 aliphatic heterocycles. The first-order valence-electron chi connectivity index (χ1n) is 8.64. The van der Waals surface area contributed by atoms with Gasteiger partial charge < -0.3 is 15.4 Å². The lowest BCUT2D eigenvalue weighted by molar-refractivity contribution is -0.384. The highest BCUT2D eigenvalue weighted by atomic mass is 32.2. The number of hydrogen-bond donors (Lipinski definition) is 3. The number of nitro benzene ring substituents is 1. The molecule has 0 amide bonds. The van der Waals surface area contributed by atoms with Gasteiger partial charge in [-0.15, -0.1) is 0 Å². The maximum Gasteiger partial charge on any atom is 0.293 e. The van der Waals surface area contributed by atoms with Crippen molar-refractivity contribution in [2.75, 3.05) is 25.0 Å². The van der Waals surface area contributed by atoms with Gasteiger partial charge in [-0.3, -0.25) is 10.1 Å². The lowest BCUT2D eigenvalue weighted by Crippen LogP contribution is -2.50. The van der Waals surface area contributed by atoms with Crippen molar-refractivity contribution < 1.29 is 18.1 Å². The zero-order chi connectivity index (χ0) is 19.3. The molecule has 0 aromatic heterocycles. The van der Waals surface area contributed by atoms with Gasteiger partial charge in [-0.1, -0.05) is 0 Å². The van der Waals surface area contributed by atoms with Crippen LogP contribution in [-0.4, -0.2) is 45.2 Å². The molecule has 2 rings (SSSR count). The SMILES string of the molecule is CCOC(C)C1NCCCC1CNc1ccc(S(N)(=O)=O)cc1[N+](=O)[O-]. The summed E-state index contributed by atoms with van der Waals surface area (Å²) in [5.41, 5.74) is -0.0366. The normalized spacial score (nSPS) is 22.0. The van der Waals surface area contributed by atoms with Crippen LogP contribution < -0.4 is 15.8 Å². The van der Waals surface area contributed by atoms with Crippen molar-refractivity contribution in [1.29, 1.82) is 0 Å². The van der Waals surface area contributed by atoms with E-state index in [0.717, 1.165) is 25.5 Å². The average molecular weight is 386 g/mol. The summed E-state index contributed by atoms with van der Waals surface area (Å²) in [4.78, 5) is 10.4. The minimum absolute atomic E-state index is 0.0341. The molecule has 1 saturated heterocycles. The van der Waals surface area contributed by atoms with E-state index in [1.165, 1.54) is 12.1 Å². The summed E-state index contributed by atoms with van der Waals surface area (Å²) in [6.45, 7) is 6.03. The summed E-state index contributed by atoms with van der Waals surface area (Å²) in [7, 11) is -4.00. The quantitative estimate of drug-likeness (QED) is 0.454. The number of nitrogens with zero attached hydrogens (tertiary/aromatic N) is 1. The van der Waals surface area contributed by atoms with Crippen LogP contribution >= 0.6 is 0 Å². The lowest BCUT2D eigenvalue weighted by Gasteiger charge is -2.36. The average Bonchev–Trinajstić information content (AvgIpc) is 2.59. The monoisotopic (exact) mass is 386 g/mol. The van der Waals surface area contributed by atoms with Crippen molar-refractivity contribution in [2.45, 2.75) is 43.7 Å². The zero-order valence-corrected chi connectivity index (χ0v) is 15.8. The fourth-order valence-electron chi connectivity index (χ4n) is 3.35. The minimum Gasteiger partial charge on any atom is -0.379 e. The van der Waals surface area contributed by atoms with Gasteiger partial charge in [0.05, 0.1) is 15.9 Å². The highest BCUT2D eigenvalue weighted by Gasteiger charge is 2.30. The third-order valence-corrected chi connectivity index (χ3v) is 5.54. The molecule has 1 aromatic carbocycles. The number of ether oxygens (including phenoxy) is 1. The van der Waals surface area contributed by atoms with E-state index in [1.807, 2.05) is 13.8 Å². The predicted molar refractivity (Wildman–Crippen MR) is 98.6 cm³/mol. The Kier molecular flexibility index (Phi) is 6.93. The number of rotatable bonds is 8. The van der Waals surface area contributed by atoms with Gasteiger partial charge in [-0.25, -0.2) is 13.6 Å². The van der Waals surface area contributed by atoms with Crippen LogP contribution in [0, 0.1) is 16.0 Å². The van der Waals surface area contributed by atoms with Crippen LogP contribution in [0.25, 0.3) is 0 Å². The summed E-state index contributed by atoms with van der Waals surface area (Å²) in [6.07, 6.45) is 2.03. The van der Waals surface area contributed by atoms with Crippen LogP contribution in [0.3, 0.4) is 0 Å². The molecule has 0 saturated carbocycles. The second-order valence-corrected chi connectivity index (χ2v) is 7.97. The Balaban J connectivity index is 2.15. The molecule has 1 heterocycles. The maximum absolute atomic E-state index is 11.4. The molecule has 9 nitrogen and oxygen atoms in total. The number of nitrogens with one attached hydrogen (secondary N) is 2. The summed E-state index contributed by atoms with van der Waals surface area (Å²) in [6, 6.07) is 3.79. The molecule has 0 aliphatic carbocycles. The third-order valence-electron chi connectivity index (χ3n) is 4.62. The molecule has 0 spiro atoms. The first-order chi connectivity index (χ1) is 12.2. The van der Waals surface area contributed by atoms with Crippen molar-refractivity contribution in [3.05, 3.63) is 28.3 Å². The van der Waals surface area contributed by atoms with Gasteiger partial charge in [-0.05, 0) is 51.3 Å². The second-order valence-electron chi connectivity index (χ2n) is 6.40. The van der Waals surface area contributed by atoms with E-state index in [1.54, 1.807) is 0 Å². The summed E-state index contributed by atoms with van der Waals surface area (Å²) in [5.74, 6) is 0.239. The molecule has 1 aliphatic rings. The van der Waals surface area contributed by atoms with E-state index >= 15 is 0 Å². The molecule has 4 N–H and O–H groups in total. The van der Waals surface area contributed by atoms with E-state index < -0.39 is 14.9 Å². The Bertz CT molecular complexity index is 740. The van der Waals surface area contributed by atoms with Crippen LogP contribution in [0.5, 0.6) is 0 Å². The van der Waals surface area contributed by atoms with E-state index in [0.29, 0.717) is 13.2 Å². The molecule has 3 atom stereocenters. The van der Waals surface area contributed by atoms with Crippen molar-refractivity contribution in [3.63, 3.8) is 0 Å². The Hall–Kier alpha value is -1.75. The van der Waals surface area contributed by atoms with Gasteiger partial charge in [0.1, 0.15) is 5.69 Å². The highest BCUT2D eigenvalue weighted by Crippen LogP contribution is 2.29. The fourth-order valence-corrected chi connectivity index (χ4v) is 3.89. The number of anilines is 1. The molecule has 10 heteroatoms. The topological polar surface area (TPSA) is 137 Å². The molecule has 1 aromatic rings. The number of benzene rings is 1. The summed E-state index contributed by atoms with van der Waals surface area (Å²) < 4.78 is 28.5. The van der Waals surface area contributed by atoms with Crippen molar-refractivity contribution in [3.8, 4) is 0 Å². The molecular weight excluding hydrogens is 360 g/mol. The first-order valence-corrected chi connectivity index (χ1v) is 10.2. The van der Waals surface area contributed by atoms with Crippen LogP contribution in [0.4, 0.5) is 11.4 Å². The Labute approximate surface area is 153 Å². The Morgan fingerprint density at radius 2 is 2.23 bits per heavy atom. The minimum atomic E-state index is -4.00. The Morgan fingerprint density at radius 1 is 1.50 bits per heavy atom. The van der Waals surface area contributed by atoms with Crippen LogP contribution in [0.2, 0.25) is 0 Å². The van der Waals surface area contributed by atoms with Crippen LogP contribution in [-0.2, 0) is 14.8 Å². The number of primary sulfonamides is 1. The molecule has 3 unspecified atom stereocenters. The number of nitrogens with two attached hydrogens (primary N) is 1. The fraction of sp³-hybridized carbons (Fsp3) is 0.625. The van der Waals surface area contributed by atoms with Gasteiger partial charge in [0.2, 0.25) is 10.0 Å². The molecule has 146 valence electrons. The third kappa shape index (κ3) is 5.13. The van der Waals surface area contributed by atoms with E-state index in [-0.39, 0.29) is 34.3 Å². The molecule has 0 bridgehead atoms. The van der Waals surface area contributed by atoms with E-state index in [2.05, 4.69) is 10.6 Å². The van der Waals surface area contributed by atoms with Gasteiger partial charge in [-0.2, -0.15) is 0 Å². The largest absolute Gasteiger partial charge is 0.379 e. The number of nitro groups is 1. The predicted octanol–water partition coefficient (Wildman–Crippen LogP) is 1.45. The summed E-state index contributed by atoms with van der Waals surface area (Å²) >= 11 is 0. The lowest BCUT2D eigenvalue weighted by atomic mass is 9.87. The van der Waals surface area contributed by atoms with E-state index in [9.17, 15) is 18.5 Å². The second kappa shape index (κ2) is 8.76. The molecule has 1 fully saturated rings. The number of hydrogen-bond acceptors (Lipinski definition) is 7. The first kappa shape index (κ1) is 20.6. The number of piperidine rings is 1. The van der Waals surface area contributed by atoms with Crippen LogP contribution in [0.15, 0.2) is 23.1 Å². The van der Waals surface area contributed by atoms with E-state index in [4.69, 9.17) is 9.88 Å². The van der Waals surface area contributed by atoms with Gasteiger partial charge in [0, 0.05) is 25.3 Å².